The number of hydrogen-bond acceptors (Lipinski definition) is 3. The van der Waals surface area contributed by atoms with Crippen LogP contribution in [0.15, 0.2) is 36.4 Å². The minimum atomic E-state index is -1.08. The van der Waals surface area contributed by atoms with Crippen LogP contribution in [0.4, 0.5) is 14.5 Å². The summed E-state index contributed by atoms with van der Waals surface area (Å²) in [5.41, 5.74) is 0.316. The molecule has 0 spiro atoms. The van der Waals surface area contributed by atoms with E-state index in [0.717, 1.165) is 12.1 Å². The molecule has 1 aromatic heterocycles. The van der Waals surface area contributed by atoms with Crippen LogP contribution in [0, 0.1) is 23.2 Å². The summed E-state index contributed by atoms with van der Waals surface area (Å²) in [6.07, 6.45) is 0. The van der Waals surface area contributed by atoms with Crippen LogP contribution in [0.2, 0.25) is 0 Å². The molecule has 2 rings (SSSR count). The van der Waals surface area contributed by atoms with Crippen molar-refractivity contribution < 1.29 is 13.6 Å². The normalized spacial score (nSPS) is 9.74. The van der Waals surface area contributed by atoms with Crippen molar-refractivity contribution in [1.82, 2.24) is 4.98 Å². The number of para-hydroxylation sites is 1. The molecule has 2 aromatic rings. The van der Waals surface area contributed by atoms with Crippen molar-refractivity contribution in [3.8, 4) is 6.07 Å². The van der Waals surface area contributed by atoms with E-state index in [9.17, 15) is 13.6 Å². The lowest BCUT2D eigenvalue weighted by molar-refractivity contribution is 0.102. The summed E-state index contributed by atoms with van der Waals surface area (Å²) in [7, 11) is 0. The Morgan fingerprint density at radius 1 is 1.21 bits per heavy atom. The van der Waals surface area contributed by atoms with Crippen molar-refractivity contribution in [2.24, 2.45) is 0 Å². The second-order valence-corrected chi connectivity index (χ2v) is 3.61. The van der Waals surface area contributed by atoms with E-state index in [2.05, 4.69) is 10.3 Å². The number of nitrogens with one attached hydrogen (secondary N) is 1. The van der Waals surface area contributed by atoms with Gasteiger partial charge < -0.3 is 5.32 Å². The van der Waals surface area contributed by atoms with Gasteiger partial charge in [0.05, 0.1) is 11.3 Å². The number of halogens is 2. The van der Waals surface area contributed by atoms with Gasteiger partial charge in [0.2, 0.25) is 11.9 Å². The number of carbonyl (C=O) groups is 1. The molecule has 0 radical (unpaired) electrons. The third-order valence-electron chi connectivity index (χ3n) is 2.32. The molecule has 6 heteroatoms. The van der Waals surface area contributed by atoms with Gasteiger partial charge in [-0.1, -0.05) is 12.1 Å². The van der Waals surface area contributed by atoms with E-state index >= 15 is 0 Å². The summed E-state index contributed by atoms with van der Waals surface area (Å²) in [4.78, 5) is 14.7. The number of pyridine rings is 1. The number of amides is 1. The largest absolute Gasteiger partial charge is 0.321 e. The summed E-state index contributed by atoms with van der Waals surface area (Å²) < 4.78 is 25.8. The molecule has 0 fully saturated rings. The molecule has 0 aliphatic heterocycles. The van der Waals surface area contributed by atoms with Gasteiger partial charge in [-0.2, -0.15) is 19.0 Å². The minimum Gasteiger partial charge on any atom is -0.321 e. The molecule has 0 aliphatic carbocycles. The lowest BCUT2D eigenvalue weighted by Crippen LogP contribution is -2.14. The fourth-order valence-corrected chi connectivity index (χ4v) is 1.48. The average molecular weight is 259 g/mol. The topological polar surface area (TPSA) is 65.8 Å². The average Bonchev–Trinajstić information content (AvgIpc) is 2.38. The molecule has 1 aromatic carbocycles. The Morgan fingerprint density at radius 2 is 1.84 bits per heavy atom. The maximum absolute atomic E-state index is 12.9. The van der Waals surface area contributed by atoms with Gasteiger partial charge in [0.1, 0.15) is 6.07 Å². The lowest BCUT2D eigenvalue weighted by atomic mass is 10.2. The van der Waals surface area contributed by atoms with Crippen molar-refractivity contribution in [2.45, 2.75) is 0 Å². The zero-order valence-electron chi connectivity index (χ0n) is 9.52. The monoisotopic (exact) mass is 259 g/mol. The smallest absolute Gasteiger partial charge is 0.256 e. The first kappa shape index (κ1) is 12.6. The van der Waals surface area contributed by atoms with Crippen LogP contribution in [0.25, 0.3) is 0 Å². The van der Waals surface area contributed by atoms with Gasteiger partial charge in [0, 0.05) is 17.7 Å². The molecule has 0 aliphatic rings. The van der Waals surface area contributed by atoms with Crippen LogP contribution in [0.5, 0.6) is 0 Å². The molecule has 0 bridgehead atoms. The molecule has 4 nitrogen and oxygen atoms in total. The number of anilines is 1. The molecular weight excluding hydrogens is 252 g/mol. The second kappa shape index (κ2) is 5.23. The number of carbonyl (C=O) groups excluding carboxylic acids is 1. The highest BCUT2D eigenvalue weighted by Gasteiger charge is 2.12. The van der Waals surface area contributed by atoms with Crippen molar-refractivity contribution in [2.75, 3.05) is 5.32 Å². The molecule has 1 amide bonds. The van der Waals surface area contributed by atoms with Gasteiger partial charge in [-0.15, -0.1) is 0 Å². The number of nitrogens with zero attached hydrogens (tertiary/aromatic N) is 2. The maximum atomic E-state index is 12.9. The zero-order chi connectivity index (χ0) is 13.8. The van der Waals surface area contributed by atoms with E-state index in [1.54, 1.807) is 12.1 Å². The van der Waals surface area contributed by atoms with Gasteiger partial charge in [0.25, 0.3) is 5.91 Å². The fourth-order valence-electron chi connectivity index (χ4n) is 1.48. The van der Waals surface area contributed by atoms with Gasteiger partial charge >= 0.3 is 0 Å². The van der Waals surface area contributed by atoms with Crippen LogP contribution in [-0.2, 0) is 0 Å². The first-order valence-electron chi connectivity index (χ1n) is 5.23. The maximum Gasteiger partial charge on any atom is 0.256 e. The SMILES string of the molecule is N#Cc1ccccc1NC(=O)c1cc(F)nc(F)c1. The Balaban J connectivity index is 2.29. The highest BCUT2D eigenvalue weighted by Crippen LogP contribution is 2.15. The lowest BCUT2D eigenvalue weighted by Gasteiger charge is -2.06. The fraction of sp³-hybridized carbons (Fsp3) is 0. The van der Waals surface area contributed by atoms with Crippen molar-refractivity contribution in [3.05, 3.63) is 59.4 Å². The summed E-state index contributed by atoms with van der Waals surface area (Å²) in [5, 5.41) is 11.3. The van der Waals surface area contributed by atoms with Gasteiger partial charge in [-0.25, -0.2) is 0 Å². The number of rotatable bonds is 2. The van der Waals surface area contributed by atoms with E-state index in [4.69, 9.17) is 5.26 Å². The Kier molecular flexibility index (Phi) is 3.48. The molecule has 0 unspecified atom stereocenters. The Bertz CT molecular complexity index is 660. The number of hydrogen-bond donors (Lipinski definition) is 1. The first-order chi connectivity index (χ1) is 9.10. The highest BCUT2D eigenvalue weighted by molar-refractivity contribution is 6.04. The van der Waals surface area contributed by atoms with Crippen LogP contribution < -0.4 is 5.32 Å². The van der Waals surface area contributed by atoms with E-state index in [1.165, 1.54) is 12.1 Å². The van der Waals surface area contributed by atoms with Crippen LogP contribution in [-0.4, -0.2) is 10.9 Å². The van der Waals surface area contributed by atoms with Crippen LogP contribution >= 0.6 is 0 Å². The third kappa shape index (κ3) is 2.90. The summed E-state index contributed by atoms with van der Waals surface area (Å²) in [6.45, 7) is 0. The Morgan fingerprint density at radius 3 is 2.47 bits per heavy atom. The van der Waals surface area contributed by atoms with Crippen molar-refractivity contribution in [3.63, 3.8) is 0 Å². The Labute approximate surface area is 107 Å². The number of benzene rings is 1. The first-order valence-corrected chi connectivity index (χ1v) is 5.23. The minimum absolute atomic E-state index is 0.210. The summed E-state index contributed by atoms with van der Waals surface area (Å²) >= 11 is 0. The number of nitriles is 1. The highest BCUT2D eigenvalue weighted by atomic mass is 19.1. The van der Waals surface area contributed by atoms with Gasteiger partial charge in [-0.05, 0) is 12.1 Å². The van der Waals surface area contributed by atoms with Gasteiger partial charge in [0.15, 0.2) is 0 Å². The molecule has 0 atom stereocenters. The van der Waals surface area contributed by atoms with E-state index < -0.39 is 17.8 Å². The zero-order valence-corrected chi connectivity index (χ0v) is 9.52. The van der Waals surface area contributed by atoms with E-state index in [1.807, 2.05) is 6.07 Å². The molecule has 0 saturated heterocycles. The van der Waals surface area contributed by atoms with Crippen LogP contribution in [0.1, 0.15) is 15.9 Å². The molecule has 1 heterocycles. The van der Waals surface area contributed by atoms with Crippen molar-refractivity contribution in [1.29, 1.82) is 5.26 Å². The van der Waals surface area contributed by atoms with E-state index in [0.29, 0.717) is 0 Å². The third-order valence-corrected chi connectivity index (χ3v) is 2.32. The van der Waals surface area contributed by atoms with Gasteiger partial charge in [-0.3, -0.25) is 4.79 Å². The predicted octanol–water partition coefficient (Wildman–Crippen LogP) is 2.48. The standard InChI is InChI=1S/C13H7F2N3O/c14-11-5-9(6-12(15)18-11)13(19)17-10-4-2-1-3-8(10)7-16/h1-6H,(H,17,19). The molecule has 0 saturated carbocycles. The second-order valence-electron chi connectivity index (χ2n) is 3.61. The Hall–Kier alpha value is -2.81. The molecule has 94 valence electrons. The summed E-state index contributed by atoms with van der Waals surface area (Å²) in [5.74, 6) is -2.89. The predicted molar refractivity (Wildman–Crippen MR) is 63.3 cm³/mol. The molecule has 1 N–H and O–H groups in total. The number of aromatic nitrogens is 1. The molecule has 19 heavy (non-hydrogen) atoms. The van der Waals surface area contributed by atoms with Crippen molar-refractivity contribution >= 4 is 11.6 Å². The molecular formula is C13H7F2N3O. The van der Waals surface area contributed by atoms with E-state index in [-0.39, 0.29) is 16.8 Å². The van der Waals surface area contributed by atoms with Crippen LogP contribution in [0.3, 0.4) is 0 Å². The quantitative estimate of drug-likeness (QED) is 0.842. The summed E-state index contributed by atoms with van der Waals surface area (Å²) in [6, 6.07) is 9.83.